The Morgan fingerprint density at radius 2 is 1.62 bits per heavy atom. The van der Waals surface area contributed by atoms with Crippen molar-refractivity contribution < 1.29 is 18.0 Å². The van der Waals surface area contributed by atoms with E-state index in [0.717, 1.165) is 26.2 Å². The van der Waals surface area contributed by atoms with Crippen LogP contribution in [0.2, 0.25) is 5.02 Å². The highest BCUT2D eigenvalue weighted by Gasteiger charge is 2.33. The molecule has 0 aliphatic carbocycles. The molecule has 0 heterocycles. The average Bonchev–Trinajstić information content (AvgIpc) is 2.85. The molecule has 3 aromatic rings. The first-order valence-corrected chi connectivity index (χ1v) is 15.5. The van der Waals surface area contributed by atoms with Crippen molar-refractivity contribution in [1.29, 1.82) is 0 Å². The van der Waals surface area contributed by atoms with Crippen molar-refractivity contribution in [3.05, 3.63) is 99.0 Å². The first kappa shape index (κ1) is 30.7. The quantitative estimate of drug-likeness (QED) is 0.309. The number of carbonyl (C=O) groups is 2. The molecule has 0 aliphatic heterocycles. The summed E-state index contributed by atoms with van der Waals surface area (Å²) in [4.78, 5) is 29.1. The van der Waals surface area contributed by atoms with Crippen LogP contribution in [0.3, 0.4) is 0 Å². The van der Waals surface area contributed by atoms with Crippen LogP contribution in [0.5, 0.6) is 0 Å². The maximum atomic E-state index is 14.0. The van der Waals surface area contributed by atoms with E-state index in [1.165, 1.54) is 4.90 Å². The Morgan fingerprint density at radius 3 is 2.18 bits per heavy atom. The van der Waals surface area contributed by atoms with Crippen molar-refractivity contribution in [3.63, 3.8) is 0 Å². The number of nitrogens with zero attached hydrogens (tertiary/aromatic N) is 2. The number of carbonyl (C=O) groups excluding carboxylic acids is 2. The molecule has 0 aromatic heterocycles. The van der Waals surface area contributed by atoms with E-state index >= 15 is 0 Å². The normalized spacial score (nSPS) is 12.2. The van der Waals surface area contributed by atoms with E-state index < -0.39 is 28.5 Å². The van der Waals surface area contributed by atoms with Crippen molar-refractivity contribution in [1.82, 2.24) is 10.2 Å². The smallest absolute Gasteiger partial charge is 0.244 e. The SMILES string of the molecule is Cc1cc(Cl)ccc1N(CC(=O)N(Cc1ccc(Br)cc1)C(Cc1ccccc1)C(=O)NC(C)C)S(C)(=O)=O. The molecule has 1 unspecified atom stereocenters. The Hall–Kier alpha value is -2.88. The maximum absolute atomic E-state index is 14.0. The van der Waals surface area contributed by atoms with Crippen LogP contribution in [0.25, 0.3) is 0 Å². The molecule has 0 saturated carbocycles. The first-order valence-electron chi connectivity index (χ1n) is 12.5. The summed E-state index contributed by atoms with van der Waals surface area (Å²) in [6, 6.07) is 20.7. The number of rotatable bonds is 11. The number of anilines is 1. The summed E-state index contributed by atoms with van der Waals surface area (Å²) in [5.74, 6) is -0.814. The van der Waals surface area contributed by atoms with Gasteiger partial charge in [-0.05, 0) is 67.8 Å². The molecule has 2 amide bonds. The highest BCUT2D eigenvalue weighted by molar-refractivity contribution is 9.10. The van der Waals surface area contributed by atoms with E-state index in [1.807, 2.05) is 68.4 Å². The molecule has 7 nitrogen and oxygen atoms in total. The minimum absolute atomic E-state index is 0.117. The predicted molar refractivity (Wildman–Crippen MR) is 160 cm³/mol. The zero-order valence-electron chi connectivity index (χ0n) is 22.4. The lowest BCUT2D eigenvalue weighted by Crippen LogP contribution is -2.54. The van der Waals surface area contributed by atoms with Gasteiger partial charge in [0.1, 0.15) is 12.6 Å². The van der Waals surface area contributed by atoms with Gasteiger partial charge in [0.15, 0.2) is 0 Å². The summed E-state index contributed by atoms with van der Waals surface area (Å²) >= 11 is 9.53. The Balaban J connectivity index is 2.07. The molecule has 208 valence electrons. The monoisotopic (exact) mass is 633 g/mol. The topological polar surface area (TPSA) is 86.8 Å². The molecule has 10 heteroatoms. The minimum atomic E-state index is -3.85. The van der Waals surface area contributed by atoms with E-state index in [2.05, 4.69) is 21.2 Å². The van der Waals surface area contributed by atoms with E-state index in [-0.39, 0.29) is 24.9 Å². The molecule has 0 fully saturated rings. The van der Waals surface area contributed by atoms with Crippen molar-refractivity contribution >= 4 is 55.1 Å². The molecule has 3 aromatic carbocycles. The number of amides is 2. The minimum Gasteiger partial charge on any atom is -0.352 e. The van der Waals surface area contributed by atoms with Crippen LogP contribution < -0.4 is 9.62 Å². The van der Waals surface area contributed by atoms with Crippen LogP contribution >= 0.6 is 27.5 Å². The van der Waals surface area contributed by atoms with E-state index in [9.17, 15) is 18.0 Å². The number of halogens is 2. The maximum Gasteiger partial charge on any atom is 0.244 e. The summed E-state index contributed by atoms with van der Waals surface area (Å²) in [6.45, 7) is 5.09. The van der Waals surface area contributed by atoms with Crippen LogP contribution in [0, 0.1) is 6.92 Å². The molecule has 0 bridgehead atoms. The lowest BCUT2D eigenvalue weighted by atomic mass is 10.0. The van der Waals surface area contributed by atoms with E-state index in [1.54, 1.807) is 25.1 Å². The summed E-state index contributed by atoms with van der Waals surface area (Å²) < 4.78 is 27.7. The predicted octanol–water partition coefficient (Wildman–Crippen LogP) is 5.34. The third-order valence-electron chi connectivity index (χ3n) is 6.07. The van der Waals surface area contributed by atoms with Gasteiger partial charge >= 0.3 is 0 Å². The summed E-state index contributed by atoms with van der Waals surface area (Å²) in [7, 11) is -3.85. The van der Waals surface area contributed by atoms with Crippen molar-refractivity contribution in [2.24, 2.45) is 0 Å². The van der Waals surface area contributed by atoms with Gasteiger partial charge in [0.2, 0.25) is 21.8 Å². The highest BCUT2D eigenvalue weighted by atomic mass is 79.9. The molecule has 1 N–H and O–H groups in total. The second-order valence-corrected chi connectivity index (χ2v) is 13.0. The Labute approximate surface area is 244 Å². The highest BCUT2D eigenvalue weighted by Crippen LogP contribution is 2.26. The summed E-state index contributed by atoms with van der Waals surface area (Å²) in [5.41, 5.74) is 2.64. The van der Waals surface area contributed by atoms with Gasteiger partial charge in [-0.2, -0.15) is 0 Å². The Kier molecular flexibility index (Phi) is 10.6. The van der Waals surface area contributed by atoms with Gasteiger partial charge in [0.05, 0.1) is 11.9 Å². The molecule has 0 spiro atoms. The molecular formula is C29H33BrClN3O4S. The van der Waals surface area contributed by atoms with Crippen LogP contribution in [0.4, 0.5) is 5.69 Å². The second-order valence-electron chi connectivity index (χ2n) is 9.72. The van der Waals surface area contributed by atoms with E-state index in [0.29, 0.717) is 16.3 Å². The van der Waals surface area contributed by atoms with Crippen molar-refractivity contribution in [2.45, 2.75) is 45.8 Å². The van der Waals surface area contributed by atoms with Gasteiger partial charge in [-0.3, -0.25) is 13.9 Å². The molecule has 0 aliphatic rings. The fourth-order valence-electron chi connectivity index (χ4n) is 4.21. The van der Waals surface area contributed by atoms with E-state index in [4.69, 9.17) is 11.6 Å². The standard InChI is InChI=1S/C29H33BrClN3O4S/c1-20(2)32-29(36)27(17-22-8-6-5-7-9-22)33(18-23-10-12-24(30)13-11-23)28(35)19-34(39(4,37)38)26-15-14-25(31)16-21(26)3/h5-16,20,27H,17-19H2,1-4H3,(H,32,36). The number of benzene rings is 3. The van der Waals surface area contributed by atoms with Gasteiger partial charge in [-0.1, -0.05) is 70.0 Å². The third kappa shape index (κ3) is 8.81. The Bertz CT molecular complexity index is 1400. The van der Waals surface area contributed by atoms with Crippen LogP contribution in [-0.4, -0.2) is 50.0 Å². The van der Waals surface area contributed by atoms with Crippen molar-refractivity contribution in [3.8, 4) is 0 Å². The third-order valence-corrected chi connectivity index (χ3v) is 7.97. The first-order chi connectivity index (χ1) is 18.3. The van der Waals surface area contributed by atoms with Crippen LogP contribution in [0.1, 0.15) is 30.5 Å². The van der Waals surface area contributed by atoms with Gasteiger partial charge < -0.3 is 10.2 Å². The van der Waals surface area contributed by atoms with Gasteiger partial charge in [0.25, 0.3) is 0 Å². The zero-order chi connectivity index (χ0) is 28.7. The van der Waals surface area contributed by atoms with Crippen molar-refractivity contribution in [2.75, 3.05) is 17.1 Å². The Morgan fingerprint density at radius 1 is 0.974 bits per heavy atom. The van der Waals surface area contributed by atoms with Gasteiger partial charge in [-0.25, -0.2) is 8.42 Å². The lowest BCUT2D eigenvalue weighted by Gasteiger charge is -2.34. The molecule has 39 heavy (non-hydrogen) atoms. The van der Waals surface area contributed by atoms with Gasteiger partial charge in [-0.15, -0.1) is 0 Å². The number of nitrogens with one attached hydrogen (secondary N) is 1. The molecule has 1 atom stereocenters. The largest absolute Gasteiger partial charge is 0.352 e. The lowest BCUT2D eigenvalue weighted by molar-refractivity contribution is -0.140. The summed E-state index contributed by atoms with van der Waals surface area (Å²) in [5, 5.41) is 3.40. The number of hydrogen-bond acceptors (Lipinski definition) is 4. The number of hydrogen-bond donors (Lipinski definition) is 1. The fourth-order valence-corrected chi connectivity index (χ4v) is 5.61. The number of sulfonamides is 1. The number of aryl methyl sites for hydroxylation is 1. The second kappa shape index (κ2) is 13.5. The van der Waals surface area contributed by atoms with Crippen LogP contribution in [0.15, 0.2) is 77.3 Å². The molecule has 3 rings (SSSR count). The van der Waals surface area contributed by atoms with Crippen LogP contribution in [-0.2, 0) is 32.6 Å². The van der Waals surface area contributed by atoms with Gasteiger partial charge in [0, 0.05) is 28.5 Å². The molecule has 0 saturated heterocycles. The zero-order valence-corrected chi connectivity index (χ0v) is 25.6. The average molecular weight is 635 g/mol. The molecular weight excluding hydrogens is 602 g/mol. The fraction of sp³-hybridized carbons (Fsp3) is 0.310. The molecule has 0 radical (unpaired) electrons. The summed E-state index contributed by atoms with van der Waals surface area (Å²) in [6.07, 6.45) is 1.32.